The van der Waals surface area contributed by atoms with Crippen LogP contribution in [0, 0.1) is 5.92 Å². The first kappa shape index (κ1) is 19.4. The number of carbonyl (C=O) groups excluding carboxylic acids is 1. The fourth-order valence-corrected chi connectivity index (χ4v) is 5.83. The van der Waals surface area contributed by atoms with E-state index in [0.29, 0.717) is 37.5 Å². The standard InChI is InChI=1S/C21H23ClN2O3S/c22-19-6-3-7-20(14-19)28(26,27)24-12-9-17(10-13-24)21(25)23-11-8-16-4-1-2-5-18(16)15-23/h1-7,14,17H,8-13,15H2. The van der Waals surface area contributed by atoms with Crippen molar-refractivity contribution in [3.8, 4) is 0 Å². The van der Waals surface area contributed by atoms with Gasteiger partial charge in [0.2, 0.25) is 15.9 Å². The number of amides is 1. The Labute approximate surface area is 171 Å². The summed E-state index contributed by atoms with van der Waals surface area (Å²) in [4.78, 5) is 15.1. The van der Waals surface area contributed by atoms with E-state index in [2.05, 4.69) is 12.1 Å². The van der Waals surface area contributed by atoms with Gasteiger partial charge in [-0.05, 0) is 48.6 Å². The summed E-state index contributed by atoms with van der Waals surface area (Å²) in [5.41, 5.74) is 2.53. The average Bonchev–Trinajstić information content (AvgIpc) is 2.73. The van der Waals surface area contributed by atoms with Crippen molar-refractivity contribution in [3.63, 3.8) is 0 Å². The molecule has 1 amide bonds. The smallest absolute Gasteiger partial charge is 0.243 e. The molecule has 0 aliphatic carbocycles. The van der Waals surface area contributed by atoms with Crippen LogP contribution < -0.4 is 0 Å². The highest BCUT2D eigenvalue weighted by Gasteiger charge is 2.34. The van der Waals surface area contributed by atoms with Gasteiger partial charge in [0, 0.05) is 37.1 Å². The minimum absolute atomic E-state index is 0.115. The molecule has 2 aliphatic heterocycles. The van der Waals surface area contributed by atoms with E-state index in [1.54, 1.807) is 18.2 Å². The Hall–Kier alpha value is -1.89. The molecule has 2 aromatic rings. The van der Waals surface area contributed by atoms with E-state index < -0.39 is 10.0 Å². The highest BCUT2D eigenvalue weighted by atomic mass is 35.5. The van der Waals surface area contributed by atoms with Gasteiger partial charge in [0.25, 0.3) is 0 Å². The molecule has 0 spiro atoms. The molecule has 0 aromatic heterocycles. The third-order valence-corrected chi connectivity index (χ3v) is 7.81. The van der Waals surface area contributed by atoms with Crippen LogP contribution in [0.4, 0.5) is 0 Å². The van der Waals surface area contributed by atoms with Gasteiger partial charge >= 0.3 is 0 Å². The molecule has 2 aliphatic rings. The van der Waals surface area contributed by atoms with Crippen LogP contribution in [0.1, 0.15) is 24.0 Å². The van der Waals surface area contributed by atoms with Crippen molar-refractivity contribution in [3.05, 3.63) is 64.7 Å². The third kappa shape index (κ3) is 3.81. The first-order valence-corrected chi connectivity index (χ1v) is 11.4. The monoisotopic (exact) mass is 418 g/mol. The number of carbonyl (C=O) groups is 1. The maximum Gasteiger partial charge on any atom is 0.243 e. The zero-order valence-corrected chi connectivity index (χ0v) is 17.1. The predicted molar refractivity (Wildman–Crippen MR) is 108 cm³/mol. The highest BCUT2D eigenvalue weighted by Crippen LogP contribution is 2.28. The molecule has 0 bridgehead atoms. The number of fused-ring (bicyclic) bond motifs is 1. The number of sulfonamides is 1. The van der Waals surface area contributed by atoms with Crippen LogP contribution in [-0.2, 0) is 27.8 Å². The quantitative estimate of drug-likeness (QED) is 0.768. The van der Waals surface area contributed by atoms with E-state index in [1.165, 1.54) is 21.5 Å². The van der Waals surface area contributed by atoms with Crippen molar-refractivity contribution >= 4 is 27.5 Å². The lowest BCUT2D eigenvalue weighted by Gasteiger charge is -2.35. The van der Waals surface area contributed by atoms with Crippen LogP contribution in [0.3, 0.4) is 0 Å². The Morgan fingerprint density at radius 2 is 1.68 bits per heavy atom. The Morgan fingerprint density at radius 1 is 0.964 bits per heavy atom. The summed E-state index contributed by atoms with van der Waals surface area (Å²) in [7, 11) is -3.57. The van der Waals surface area contributed by atoms with E-state index in [-0.39, 0.29) is 16.7 Å². The highest BCUT2D eigenvalue weighted by molar-refractivity contribution is 7.89. The number of piperidine rings is 1. The van der Waals surface area contributed by atoms with Gasteiger partial charge in [-0.15, -0.1) is 0 Å². The normalized spacial score (nSPS) is 18.7. The molecule has 0 atom stereocenters. The van der Waals surface area contributed by atoms with Gasteiger partial charge in [0.1, 0.15) is 0 Å². The van der Waals surface area contributed by atoms with Gasteiger partial charge in [0.15, 0.2) is 0 Å². The second-order valence-electron chi connectivity index (χ2n) is 7.41. The second-order valence-corrected chi connectivity index (χ2v) is 9.79. The lowest BCUT2D eigenvalue weighted by atomic mass is 9.94. The summed E-state index contributed by atoms with van der Waals surface area (Å²) in [6.45, 7) is 2.10. The first-order valence-electron chi connectivity index (χ1n) is 9.56. The number of nitrogens with zero attached hydrogens (tertiary/aromatic N) is 2. The Kier molecular flexibility index (Phi) is 5.45. The number of rotatable bonds is 3. The van der Waals surface area contributed by atoms with Crippen LogP contribution in [-0.4, -0.2) is 43.2 Å². The summed E-state index contributed by atoms with van der Waals surface area (Å²) >= 11 is 5.94. The molecule has 2 heterocycles. The molecule has 4 rings (SSSR count). The van der Waals surface area contributed by atoms with E-state index in [4.69, 9.17) is 11.6 Å². The van der Waals surface area contributed by atoms with Crippen LogP contribution in [0.5, 0.6) is 0 Å². The molecule has 7 heteroatoms. The third-order valence-electron chi connectivity index (χ3n) is 5.68. The Balaban J connectivity index is 1.40. The fraction of sp³-hybridized carbons (Fsp3) is 0.381. The lowest BCUT2D eigenvalue weighted by molar-refractivity contribution is -0.137. The molecule has 0 unspecified atom stereocenters. The van der Waals surface area contributed by atoms with Crippen molar-refractivity contribution in [1.29, 1.82) is 0 Å². The average molecular weight is 419 g/mol. The SMILES string of the molecule is O=C(C1CCN(S(=O)(=O)c2cccc(Cl)c2)CC1)N1CCc2ccccc2C1. The largest absolute Gasteiger partial charge is 0.338 e. The van der Waals surface area contributed by atoms with Crippen LogP contribution in [0.2, 0.25) is 5.02 Å². The zero-order valence-electron chi connectivity index (χ0n) is 15.6. The maximum atomic E-state index is 13.0. The Morgan fingerprint density at radius 3 is 2.39 bits per heavy atom. The van der Waals surface area contributed by atoms with Gasteiger partial charge in [-0.25, -0.2) is 8.42 Å². The molecule has 0 radical (unpaired) electrons. The zero-order chi connectivity index (χ0) is 19.7. The number of halogens is 1. The molecule has 148 valence electrons. The lowest BCUT2D eigenvalue weighted by Crippen LogP contribution is -2.45. The summed E-state index contributed by atoms with van der Waals surface area (Å²) in [5, 5.41) is 0.400. The fourth-order valence-electron chi connectivity index (χ4n) is 4.06. The number of hydrogen-bond acceptors (Lipinski definition) is 3. The number of hydrogen-bond donors (Lipinski definition) is 0. The van der Waals surface area contributed by atoms with E-state index in [1.807, 2.05) is 17.0 Å². The Bertz CT molecular complexity index is 985. The summed E-state index contributed by atoms with van der Waals surface area (Å²) in [6, 6.07) is 14.6. The summed E-state index contributed by atoms with van der Waals surface area (Å²) in [5.74, 6) is 0.0328. The first-order chi connectivity index (χ1) is 13.4. The van der Waals surface area contributed by atoms with Crippen molar-refractivity contribution in [2.24, 2.45) is 5.92 Å². The maximum absolute atomic E-state index is 13.0. The van der Waals surface area contributed by atoms with Gasteiger partial charge in [-0.2, -0.15) is 4.31 Å². The van der Waals surface area contributed by atoms with E-state index in [0.717, 1.165) is 13.0 Å². The second kappa shape index (κ2) is 7.85. The summed E-state index contributed by atoms with van der Waals surface area (Å²) < 4.78 is 27.1. The van der Waals surface area contributed by atoms with Gasteiger partial charge in [-0.1, -0.05) is 41.9 Å². The van der Waals surface area contributed by atoms with E-state index in [9.17, 15) is 13.2 Å². The van der Waals surface area contributed by atoms with E-state index >= 15 is 0 Å². The van der Waals surface area contributed by atoms with Crippen molar-refractivity contribution < 1.29 is 13.2 Å². The molecule has 2 aromatic carbocycles. The number of benzene rings is 2. The van der Waals surface area contributed by atoms with Crippen molar-refractivity contribution in [2.75, 3.05) is 19.6 Å². The minimum atomic E-state index is -3.57. The molecule has 1 fully saturated rings. The molecule has 1 saturated heterocycles. The van der Waals surface area contributed by atoms with Gasteiger partial charge in [-0.3, -0.25) is 4.79 Å². The predicted octanol–water partition coefficient (Wildman–Crippen LogP) is 3.33. The summed E-state index contributed by atoms with van der Waals surface area (Å²) in [6.07, 6.45) is 1.98. The van der Waals surface area contributed by atoms with Crippen molar-refractivity contribution in [2.45, 2.75) is 30.7 Å². The molecule has 0 N–H and O–H groups in total. The van der Waals surface area contributed by atoms with Gasteiger partial charge < -0.3 is 4.90 Å². The van der Waals surface area contributed by atoms with Crippen LogP contribution in [0.25, 0.3) is 0 Å². The molecule has 28 heavy (non-hydrogen) atoms. The van der Waals surface area contributed by atoms with Crippen molar-refractivity contribution in [1.82, 2.24) is 9.21 Å². The minimum Gasteiger partial charge on any atom is -0.338 e. The molecular formula is C21H23ClN2O3S. The van der Waals surface area contributed by atoms with Crippen LogP contribution in [0.15, 0.2) is 53.4 Å². The molecule has 0 saturated carbocycles. The van der Waals surface area contributed by atoms with Gasteiger partial charge in [0.05, 0.1) is 4.90 Å². The van der Waals surface area contributed by atoms with Crippen LogP contribution >= 0.6 is 11.6 Å². The molecule has 5 nitrogen and oxygen atoms in total. The topological polar surface area (TPSA) is 57.7 Å². The molecular weight excluding hydrogens is 396 g/mol.